The van der Waals surface area contributed by atoms with Gasteiger partial charge in [-0.05, 0) is 33.9 Å². The van der Waals surface area contributed by atoms with Gasteiger partial charge in [0.25, 0.3) is 0 Å². The number of hydrogen-bond acceptors (Lipinski definition) is 2. The second-order valence-corrected chi connectivity index (χ2v) is 13.4. The number of carbonyl (C=O) groups excluding carboxylic acids is 1. The molecule has 0 N–H and O–H groups in total. The van der Waals surface area contributed by atoms with Crippen molar-refractivity contribution in [1.82, 2.24) is 0 Å². The van der Waals surface area contributed by atoms with E-state index in [9.17, 15) is 4.79 Å². The molecule has 37 heavy (non-hydrogen) atoms. The third-order valence-corrected chi connectivity index (χ3v) is 7.61. The molecule has 1 aromatic carbocycles. The lowest BCUT2D eigenvalue weighted by molar-refractivity contribution is -0.143. The summed E-state index contributed by atoms with van der Waals surface area (Å²) in [5.41, 5.74) is 4.20. The summed E-state index contributed by atoms with van der Waals surface area (Å²) in [7, 11) is 0. The summed E-state index contributed by atoms with van der Waals surface area (Å²) >= 11 is 0. The van der Waals surface area contributed by atoms with Crippen molar-refractivity contribution in [3.63, 3.8) is 0 Å². The fraction of sp³-hybridized carbons (Fsp3) is 0.800. The number of rotatable bonds is 20. The molecule has 2 nitrogen and oxygen atoms in total. The van der Waals surface area contributed by atoms with Crippen LogP contribution in [0.5, 0.6) is 0 Å². The van der Waals surface area contributed by atoms with Crippen LogP contribution in [0.2, 0.25) is 0 Å². The normalized spacial score (nSPS) is 12.2. The Morgan fingerprint density at radius 3 is 1.35 bits per heavy atom. The zero-order valence-corrected chi connectivity index (χ0v) is 26.0. The van der Waals surface area contributed by atoms with Gasteiger partial charge in [0.2, 0.25) is 0 Å². The van der Waals surface area contributed by atoms with Crippen molar-refractivity contribution >= 4 is 5.97 Å². The van der Waals surface area contributed by atoms with Crippen LogP contribution in [0.3, 0.4) is 0 Å². The van der Waals surface area contributed by atoms with Gasteiger partial charge in [-0.25, -0.2) is 0 Å². The molecule has 0 aliphatic rings. The lowest BCUT2D eigenvalue weighted by Gasteiger charge is -2.26. The van der Waals surface area contributed by atoms with Crippen molar-refractivity contribution in [2.24, 2.45) is 0 Å². The highest BCUT2D eigenvalue weighted by atomic mass is 16.5. The molecule has 0 amide bonds. The van der Waals surface area contributed by atoms with E-state index in [1.165, 1.54) is 107 Å². The van der Waals surface area contributed by atoms with Gasteiger partial charge < -0.3 is 4.74 Å². The summed E-state index contributed by atoms with van der Waals surface area (Å²) < 4.78 is 5.58. The topological polar surface area (TPSA) is 26.3 Å². The highest BCUT2D eigenvalue weighted by Gasteiger charge is 2.20. The average molecular weight is 515 g/mol. The Labute approximate surface area is 231 Å². The van der Waals surface area contributed by atoms with E-state index in [4.69, 9.17) is 4.74 Å². The van der Waals surface area contributed by atoms with E-state index >= 15 is 0 Å². The third kappa shape index (κ3) is 17.0. The van der Waals surface area contributed by atoms with E-state index in [0.29, 0.717) is 13.0 Å². The molecule has 0 radical (unpaired) electrons. The van der Waals surface area contributed by atoms with Gasteiger partial charge in [0.15, 0.2) is 0 Å². The monoisotopic (exact) mass is 514 g/mol. The molecule has 0 heterocycles. The maximum atomic E-state index is 12.2. The van der Waals surface area contributed by atoms with Gasteiger partial charge in [-0.3, -0.25) is 4.79 Å². The first-order valence-corrected chi connectivity index (χ1v) is 15.8. The number of ether oxygens (including phenoxy) is 1. The molecule has 0 unspecified atom stereocenters. The molecule has 1 rings (SSSR count). The van der Waals surface area contributed by atoms with Gasteiger partial charge in [0.1, 0.15) is 0 Å². The zero-order chi connectivity index (χ0) is 27.6. The van der Waals surface area contributed by atoms with Crippen molar-refractivity contribution in [3.8, 4) is 0 Å². The van der Waals surface area contributed by atoms with Gasteiger partial charge in [-0.2, -0.15) is 0 Å². The predicted molar refractivity (Wildman–Crippen MR) is 163 cm³/mol. The summed E-state index contributed by atoms with van der Waals surface area (Å²) in [6.07, 6.45) is 23.0. The number of benzene rings is 1. The third-order valence-electron chi connectivity index (χ3n) is 7.61. The second kappa shape index (κ2) is 18.9. The first-order chi connectivity index (χ1) is 17.5. The number of carbonyl (C=O) groups is 1. The van der Waals surface area contributed by atoms with E-state index in [1.54, 1.807) is 0 Å². The standard InChI is InChI=1S/C35H62O2/c1-8-9-10-11-12-13-14-15-16-17-18-19-20-21-22-23-24-33(36)37-26-25-30-27-31(34(2,3)4)29-32(28-30)35(5,6)7/h27-29H,8-26H2,1-7H3. The molecule has 214 valence electrons. The minimum absolute atomic E-state index is 0.0339. The minimum Gasteiger partial charge on any atom is -0.465 e. The lowest BCUT2D eigenvalue weighted by atomic mass is 9.79. The van der Waals surface area contributed by atoms with E-state index in [-0.39, 0.29) is 16.8 Å². The summed E-state index contributed by atoms with van der Waals surface area (Å²) in [6, 6.07) is 6.92. The molecule has 0 fully saturated rings. The molecule has 0 saturated heterocycles. The van der Waals surface area contributed by atoms with E-state index in [2.05, 4.69) is 66.7 Å². The maximum Gasteiger partial charge on any atom is 0.305 e. The predicted octanol–water partition coefficient (Wildman–Crippen LogP) is 11.0. The molecular formula is C35H62O2. The van der Waals surface area contributed by atoms with Crippen LogP contribution in [0.1, 0.15) is 174 Å². The Bertz CT molecular complexity index is 688. The van der Waals surface area contributed by atoms with Crippen LogP contribution in [0.15, 0.2) is 18.2 Å². The van der Waals surface area contributed by atoms with Crippen molar-refractivity contribution in [3.05, 3.63) is 34.9 Å². The largest absolute Gasteiger partial charge is 0.465 e. The molecule has 0 aliphatic carbocycles. The maximum absolute atomic E-state index is 12.2. The van der Waals surface area contributed by atoms with Crippen LogP contribution in [0, 0.1) is 0 Å². The number of esters is 1. The summed E-state index contributed by atoms with van der Waals surface area (Å²) in [6.45, 7) is 16.3. The molecule has 2 heteroatoms. The first-order valence-electron chi connectivity index (χ1n) is 15.8. The fourth-order valence-electron chi connectivity index (χ4n) is 4.87. The highest BCUT2D eigenvalue weighted by Crippen LogP contribution is 2.30. The summed E-state index contributed by atoms with van der Waals surface area (Å²) in [4.78, 5) is 12.2. The van der Waals surface area contributed by atoms with Gasteiger partial charge in [0.05, 0.1) is 6.61 Å². The van der Waals surface area contributed by atoms with Gasteiger partial charge in [-0.15, -0.1) is 0 Å². The van der Waals surface area contributed by atoms with Crippen molar-refractivity contribution in [2.45, 2.75) is 175 Å². The SMILES string of the molecule is CCCCCCCCCCCCCCCCCCC(=O)OCCc1cc(C(C)(C)C)cc(C(C)(C)C)c1. The van der Waals surface area contributed by atoms with Crippen LogP contribution in [0.4, 0.5) is 0 Å². The van der Waals surface area contributed by atoms with E-state index < -0.39 is 0 Å². The highest BCUT2D eigenvalue weighted by molar-refractivity contribution is 5.69. The Morgan fingerprint density at radius 1 is 0.595 bits per heavy atom. The Hall–Kier alpha value is -1.31. The fourth-order valence-corrected chi connectivity index (χ4v) is 4.87. The summed E-state index contributed by atoms with van der Waals surface area (Å²) in [5, 5.41) is 0. The Kier molecular flexibility index (Phi) is 17.2. The van der Waals surface area contributed by atoms with Crippen LogP contribution < -0.4 is 0 Å². The van der Waals surface area contributed by atoms with Crippen LogP contribution in [-0.4, -0.2) is 12.6 Å². The van der Waals surface area contributed by atoms with Gasteiger partial charge in [-0.1, -0.05) is 163 Å². The summed E-state index contributed by atoms with van der Waals surface area (Å²) in [5.74, 6) is -0.0339. The Morgan fingerprint density at radius 2 is 0.973 bits per heavy atom. The molecule has 0 atom stereocenters. The van der Waals surface area contributed by atoms with Crippen LogP contribution >= 0.6 is 0 Å². The van der Waals surface area contributed by atoms with Crippen LogP contribution in [-0.2, 0) is 26.8 Å². The molecule has 0 aromatic heterocycles. The first kappa shape index (κ1) is 33.7. The molecule has 1 aromatic rings. The Balaban J connectivity index is 2.07. The number of hydrogen-bond donors (Lipinski definition) is 0. The van der Waals surface area contributed by atoms with Crippen molar-refractivity contribution in [1.29, 1.82) is 0 Å². The molecular weight excluding hydrogens is 452 g/mol. The van der Waals surface area contributed by atoms with Crippen molar-refractivity contribution in [2.75, 3.05) is 6.61 Å². The van der Waals surface area contributed by atoms with Gasteiger partial charge in [0, 0.05) is 12.8 Å². The average Bonchev–Trinajstić information content (AvgIpc) is 2.82. The van der Waals surface area contributed by atoms with Crippen molar-refractivity contribution < 1.29 is 9.53 Å². The van der Waals surface area contributed by atoms with E-state index in [0.717, 1.165) is 19.3 Å². The van der Waals surface area contributed by atoms with Gasteiger partial charge >= 0.3 is 5.97 Å². The minimum atomic E-state index is -0.0339. The zero-order valence-electron chi connectivity index (χ0n) is 26.0. The second-order valence-electron chi connectivity index (χ2n) is 13.4. The molecule has 0 saturated carbocycles. The van der Waals surface area contributed by atoms with E-state index in [1.807, 2.05) is 0 Å². The molecule has 0 aliphatic heterocycles. The quantitative estimate of drug-likeness (QED) is 0.128. The smallest absolute Gasteiger partial charge is 0.305 e. The molecule has 0 spiro atoms. The number of unbranched alkanes of at least 4 members (excludes halogenated alkanes) is 15. The lowest BCUT2D eigenvalue weighted by Crippen LogP contribution is -2.17. The van der Waals surface area contributed by atoms with Crippen LogP contribution in [0.25, 0.3) is 0 Å². The molecule has 0 bridgehead atoms.